The highest BCUT2D eigenvalue weighted by Gasteiger charge is 2.36. The Morgan fingerprint density at radius 3 is 2.52 bits per heavy atom. The molecule has 0 aromatic carbocycles. The summed E-state index contributed by atoms with van der Waals surface area (Å²) in [5.74, 6) is -1.50. The predicted molar refractivity (Wildman–Crippen MR) is 79.6 cm³/mol. The van der Waals surface area contributed by atoms with Gasteiger partial charge < -0.3 is 10.1 Å². The Balaban J connectivity index is 2.63. The van der Waals surface area contributed by atoms with Crippen LogP contribution in [0.3, 0.4) is 0 Å². The van der Waals surface area contributed by atoms with E-state index in [2.05, 4.69) is 12.2 Å². The summed E-state index contributed by atoms with van der Waals surface area (Å²) in [5, 5.41) is 2.65. The van der Waals surface area contributed by atoms with E-state index >= 15 is 0 Å². The first-order chi connectivity index (χ1) is 9.95. The molecule has 1 amide bonds. The molecule has 2 atom stereocenters. The molecule has 1 aliphatic rings. The van der Waals surface area contributed by atoms with Gasteiger partial charge in [0.05, 0.1) is 12.1 Å². The van der Waals surface area contributed by atoms with Gasteiger partial charge in [0.1, 0.15) is 5.92 Å². The second kappa shape index (κ2) is 8.80. The van der Waals surface area contributed by atoms with Crippen molar-refractivity contribution in [3.05, 3.63) is 0 Å². The first-order valence-electron chi connectivity index (χ1n) is 7.99. The van der Waals surface area contributed by atoms with Crippen LogP contribution in [0.25, 0.3) is 0 Å². The van der Waals surface area contributed by atoms with E-state index in [4.69, 9.17) is 4.74 Å². The van der Waals surface area contributed by atoms with Crippen molar-refractivity contribution in [2.45, 2.75) is 77.9 Å². The van der Waals surface area contributed by atoms with E-state index in [1.165, 1.54) is 0 Å². The number of ether oxygens (including phenoxy) is 1. The molecule has 1 N–H and O–H groups in total. The van der Waals surface area contributed by atoms with E-state index < -0.39 is 17.9 Å². The van der Waals surface area contributed by atoms with Crippen molar-refractivity contribution >= 4 is 17.7 Å². The Morgan fingerprint density at radius 1 is 1.29 bits per heavy atom. The average molecular weight is 297 g/mol. The lowest BCUT2D eigenvalue weighted by Crippen LogP contribution is -2.41. The van der Waals surface area contributed by atoms with Gasteiger partial charge in [0, 0.05) is 6.42 Å². The lowest BCUT2D eigenvalue weighted by atomic mass is 9.91. The number of amides is 1. The van der Waals surface area contributed by atoms with Crippen LogP contribution in [-0.4, -0.2) is 29.8 Å². The third kappa shape index (κ3) is 5.86. The summed E-state index contributed by atoms with van der Waals surface area (Å²) < 4.78 is 5.20. The first kappa shape index (κ1) is 17.7. The molecule has 120 valence electrons. The molecule has 0 aliphatic carbocycles. The standard InChI is InChI=1S/C16H27NO4/c1-4-5-6-7-8-12(16(20)21-11(2)3)15(19)13-9-10-14(18)17-13/h11-13H,4-10H2,1-3H3,(H,17,18)/t12?,13-/m0/s1. The molecule has 0 radical (unpaired) electrons. The maximum absolute atomic E-state index is 12.5. The monoisotopic (exact) mass is 297 g/mol. The number of nitrogens with one attached hydrogen (secondary N) is 1. The van der Waals surface area contributed by atoms with E-state index in [0.29, 0.717) is 19.3 Å². The van der Waals surface area contributed by atoms with Gasteiger partial charge in [-0.15, -0.1) is 0 Å². The molecule has 0 aromatic heterocycles. The second-order valence-electron chi connectivity index (χ2n) is 5.95. The highest BCUT2D eigenvalue weighted by atomic mass is 16.5. The molecule has 0 spiro atoms. The number of rotatable bonds is 9. The number of carbonyl (C=O) groups is 3. The van der Waals surface area contributed by atoms with Crippen molar-refractivity contribution in [1.82, 2.24) is 5.32 Å². The molecule has 0 bridgehead atoms. The van der Waals surface area contributed by atoms with Crippen LogP contribution in [0.1, 0.15) is 65.7 Å². The maximum Gasteiger partial charge on any atom is 0.316 e. The van der Waals surface area contributed by atoms with Crippen LogP contribution in [0.5, 0.6) is 0 Å². The van der Waals surface area contributed by atoms with Crippen LogP contribution in [0.2, 0.25) is 0 Å². The Kier molecular flexibility index (Phi) is 7.40. The van der Waals surface area contributed by atoms with Gasteiger partial charge in [-0.05, 0) is 26.7 Å². The summed E-state index contributed by atoms with van der Waals surface area (Å²) in [7, 11) is 0. The van der Waals surface area contributed by atoms with Crippen LogP contribution in [-0.2, 0) is 19.1 Å². The molecule has 5 heteroatoms. The third-order valence-corrected chi connectivity index (χ3v) is 3.66. The minimum absolute atomic E-state index is 0.115. The molecular formula is C16H27NO4. The first-order valence-corrected chi connectivity index (χ1v) is 7.99. The Labute approximate surface area is 126 Å². The summed E-state index contributed by atoms with van der Waals surface area (Å²) in [6.07, 6.45) is 5.16. The number of unbranched alkanes of at least 4 members (excludes halogenated alkanes) is 3. The number of hydrogen-bond donors (Lipinski definition) is 1. The molecule has 1 aliphatic heterocycles. The highest BCUT2D eigenvalue weighted by Crippen LogP contribution is 2.20. The van der Waals surface area contributed by atoms with Gasteiger partial charge in [-0.1, -0.05) is 32.6 Å². The topological polar surface area (TPSA) is 72.5 Å². The Bertz CT molecular complexity index is 378. The SMILES string of the molecule is CCCCCCC(C(=O)OC(C)C)C(=O)[C@@H]1CCC(=O)N1. The molecule has 0 aromatic rings. The Hall–Kier alpha value is -1.39. The zero-order valence-electron chi connectivity index (χ0n) is 13.3. The fourth-order valence-corrected chi connectivity index (χ4v) is 2.54. The molecule has 1 unspecified atom stereocenters. The third-order valence-electron chi connectivity index (χ3n) is 3.66. The van der Waals surface area contributed by atoms with Gasteiger partial charge in [-0.25, -0.2) is 0 Å². The van der Waals surface area contributed by atoms with E-state index in [9.17, 15) is 14.4 Å². The van der Waals surface area contributed by atoms with E-state index in [0.717, 1.165) is 25.7 Å². The molecule has 1 heterocycles. The largest absolute Gasteiger partial charge is 0.462 e. The maximum atomic E-state index is 12.5. The van der Waals surface area contributed by atoms with Crippen molar-refractivity contribution in [2.75, 3.05) is 0 Å². The normalized spacial score (nSPS) is 19.4. The lowest BCUT2D eigenvalue weighted by Gasteiger charge is -2.19. The summed E-state index contributed by atoms with van der Waals surface area (Å²) in [6.45, 7) is 5.66. The molecule has 1 rings (SSSR count). The van der Waals surface area contributed by atoms with E-state index in [1.807, 2.05) is 0 Å². The van der Waals surface area contributed by atoms with Crippen molar-refractivity contribution in [2.24, 2.45) is 5.92 Å². The smallest absolute Gasteiger partial charge is 0.316 e. The van der Waals surface area contributed by atoms with Crippen LogP contribution in [0.4, 0.5) is 0 Å². The summed E-state index contributed by atoms with van der Waals surface area (Å²) in [6, 6.07) is -0.520. The van der Waals surface area contributed by atoms with Crippen LogP contribution in [0.15, 0.2) is 0 Å². The Morgan fingerprint density at radius 2 is 2.00 bits per heavy atom. The zero-order chi connectivity index (χ0) is 15.8. The minimum atomic E-state index is -0.743. The fourth-order valence-electron chi connectivity index (χ4n) is 2.54. The van der Waals surface area contributed by atoms with Gasteiger partial charge in [0.15, 0.2) is 5.78 Å². The zero-order valence-corrected chi connectivity index (χ0v) is 13.3. The van der Waals surface area contributed by atoms with Crippen molar-refractivity contribution in [1.29, 1.82) is 0 Å². The molecule has 5 nitrogen and oxygen atoms in total. The highest BCUT2D eigenvalue weighted by molar-refractivity contribution is 6.04. The van der Waals surface area contributed by atoms with Crippen molar-refractivity contribution in [3.8, 4) is 0 Å². The summed E-state index contributed by atoms with van der Waals surface area (Å²) in [5.41, 5.74) is 0. The molecular weight excluding hydrogens is 270 g/mol. The van der Waals surface area contributed by atoms with Crippen LogP contribution >= 0.6 is 0 Å². The van der Waals surface area contributed by atoms with Crippen LogP contribution < -0.4 is 5.32 Å². The van der Waals surface area contributed by atoms with Gasteiger partial charge in [0.25, 0.3) is 0 Å². The van der Waals surface area contributed by atoms with Crippen LogP contribution in [0, 0.1) is 5.92 Å². The van der Waals surface area contributed by atoms with Gasteiger partial charge >= 0.3 is 5.97 Å². The van der Waals surface area contributed by atoms with E-state index in [1.54, 1.807) is 13.8 Å². The number of hydrogen-bond acceptors (Lipinski definition) is 4. The number of ketones is 1. The molecule has 1 saturated heterocycles. The van der Waals surface area contributed by atoms with Crippen molar-refractivity contribution < 1.29 is 19.1 Å². The quantitative estimate of drug-likeness (QED) is 0.403. The molecule has 0 saturated carbocycles. The summed E-state index contributed by atoms with van der Waals surface area (Å²) in [4.78, 5) is 35.9. The number of esters is 1. The average Bonchev–Trinajstić information content (AvgIpc) is 2.84. The van der Waals surface area contributed by atoms with Gasteiger partial charge in [-0.2, -0.15) is 0 Å². The van der Waals surface area contributed by atoms with Gasteiger partial charge in [-0.3, -0.25) is 14.4 Å². The minimum Gasteiger partial charge on any atom is -0.462 e. The second-order valence-corrected chi connectivity index (χ2v) is 5.95. The molecule has 1 fully saturated rings. The lowest BCUT2D eigenvalue weighted by molar-refractivity contribution is -0.156. The van der Waals surface area contributed by atoms with Gasteiger partial charge in [0.2, 0.25) is 5.91 Å². The molecule has 21 heavy (non-hydrogen) atoms. The van der Waals surface area contributed by atoms with Crippen molar-refractivity contribution in [3.63, 3.8) is 0 Å². The fraction of sp³-hybridized carbons (Fsp3) is 0.812. The number of carbonyl (C=O) groups excluding carboxylic acids is 3. The van der Waals surface area contributed by atoms with E-state index in [-0.39, 0.29) is 17.8 Å². The predicted octanol–water partition coefficient (Wildman–Crippen LogP) is 2.37. The summed E-state index contributed by atoms with van der Waals surface area (Å²) >= 11 is 0. The number of Topliss-reactive ketones (excluding diaryl/α,β-unsaturated/α-hetero) is 1.